The van der Waals surface area contributed by atoms with Crippen LogP contribution in [0.2, 0.25) is 0 Å². The summed E-state index contributed by atoms with van der Waals surface area (Å²) in [6.07, 6.45) is 101. The normalized spacial score (nSPS) is 13.1. The third-order valence-corrected chi connectivity index (χ3v) is 14.0. The van der Waals surface area contributed by atoms with Crippen LogP contribution in [0.1, 0.15) is 290 Å². The topological polar surface area (TPSA) is 78.9 Å². The standard InChI is InChI=1S/C77H124O6/c1-4-7-10-13-16-19-22-25-28-30-32-34-36-37-38-39-41-42-44-46-49-52-55-58-61-64-67-70-76(79)82-73-74(72-81-75(78)69-66-63-60-57-54-51-48-27-24-21-18-15-12-9-6-3)83-77(80)71-68-65-62-59-56-53-50-47-45-43-40-35-33-31-29-26-23-20-17-14-11-8-5-2/h8-9,11-12,17-18,20-22,25-27,29-30,32-33,35,43,45,48,50,53-54,57,59,62,74H,4-7,10,13-16,19,23-24,28,31,34,36-42,44,46-47,49,51-52,55-56,58,60-61,63-73H2,1-3H3/b11-8-,12-9-,20-17-,21-18-,25-22-,29-26-,32-30-,35-33-,45-43-,48-27-,53-50-,57-54-,62-59-. The van der Waals surface area contributed by atoms with E-state index < -0.39 is 6.10 Å². The molecular formula is C77H124O6. The van der Waals surface area contributed by atoms with Crippen LogP contribution in [0, 0.1) is 0 Å². The van der Waals surface area contributed by atoms with E-state index in [0.29, 0.717) is 19.3 Å². The average molecular weight is 1150 g/mol. The Kier molecular flexibility index (Phi) is 65.4. The molecule has 0 saturated heterocycles. The predicted molar refractivity (Wildman–Crippen MR) is 362 cm³/mol. The van der Waals surface area contributed by atoms with Crippen molar-refractivity contribution in [3.05, 3.63) is 158 Å². The Morgan fingerprint density at radius 3 is 0.795 bits per heavy atom. The molecule has 0 N–H and O–H groups in total. The zero-order chi connectivity index (χ0) is 59.9. The lowest BCUT2D eigenvalue weighted by Crippen LogP contribution is -2.30. The monoisotopic (exact) mass is 1140 g/mol. The van der Waals surface area contributed by atoms with Gasteiger partial charge in [-0.3, -0.25) is 14.4 Å². The van der Waals surface area contributed by atoms with Crippen LogP contribution in [0.4, 0.5) is 0 Å². The number of hydrogen-bond acceptors (Lipinski definition) is 6. The lowest BCUT2D eigenvalue weighted by Gasteiger charge is -2.18. The first-order chi connectivity index (χ1) is 41.0. The summed E-state index contributed by atoms with van der Waals surface area (Å²) in [6, 6.07) is 0. The summed E-state index contributed by atoms with van der Waals surface area (Å²) in [5, 5.41) is 0. The molecule has 0 aliphatic rings. The Morgan fingerprint density at radius 2 is 0.482 bits per heavy atom. The van der Waals surface area contributed by atoms with Gasteiger partial charge in [-0.15, -0.1) is 0 Å². The minimum absolute atomic E-state index is 0.120. The minimum atomic E-state index is -0.835. The number of hydrogen-bond donors (Lipinski definition) is 0. The van der Waals surface area contributed by atoms with Crippen molar-refractivity contribution in [2.45, 2.75) is 297 Å². The van der Waals surface area contributed by atoms with Crippen molar-refractivity contribution < 1.29 is 28.6 Å². The van der Waals surface area contributed by atoms with Gasteiger partial charge in [-0.05, 0) is 141 Å². The van der Waals surface area contributed by atoms with Crippen LogP contribution >= 0.6 is 0 Å². The molecule has 0 aromatic heterocycles. The van der Waals surface area contributed by atoms with Crippen molar-refractivity contribution >= 4 is 17.9 Å². The summed E-state index contributed by atoms with van der Waals surface area (Å²) >= 11 is 0. The average Bonchev–Trinajstić information content (AvgIpc) is 3.49. The molecule has 0 fully saturated rings. The smallest absolute Gasteiger partial charge is 0.306 e. The number of unbranched alkanes of at least 4 members (excludes halogenated alkanes) is 23. The molecule has 0 bridgehead atoms. The molecule has 83 heavy (non-hydrogen) atoms. The zero-order valence-electron chi connectivity index (χ0n) is 53.7. The molecule has 468 valence electrons. The molecule has 0 radical (unpaired) electrons. The second-order valence-electron chi connectivity index (χ2n) is 22.0. The first kappa shape index (κ1) is 78.0. The summed E-state index contributed by atoms with van der Waals surface area (Å²) in [6.45, 7) is 6.33. The highest BCUT2D eigenvalue weighted by atomic mass is 16.6. The van der Waals surface area contributed by atoms with Gasteiger partial charge in [-0.1, -0.05) is 288 Å². The third kappa shape index (κ3) is 67.7. The first-order valence-corrected chi connectivity index (χ1v) is 34.0. The fourth-order valence-electron chi connectivity index (χ4n) is 8.98. The zero-order valence-corrected chi connectivity index (χ0v) is 53.7. The second kappa shape index (κ2) is 69.5. The van der Waals surface area contributed by atoms with Gasteiger partial charge in [0.25, 0.3) is 0 Å². The lowest BCUT2D eigenvalue weighted by molar-refractivity contribution is -0.167. The SMILES string of the molecule is CC/C=C\C/C=C\C/C=C\C/C=C\C/C=C\C/C=C\C/C=C\CCCC(=O)OC(COC(=O)CCCC/C=C\C/C=C\C/C=C\C/C=C\CC)COC(=O)CCCCCCCCCCCCCCCCC/C=C\C/C=C\CCCCCCC. The van der Waals surface area contributed by atoms with E-state index in [1.54, 1.807) is 0 Å². The lowest BCUT2D eigenvalue weighted by atomic mass is 10.0. The molecule has 0 heterocycles. The van der Waals surface area contributed by atoms with Crippen LogP contribution in [0.5, 0.6) is 0 Å². The number of carbonyl (C=O) groups is 3. The second-order valence-corrected chi connectivity index (χ2v) is 22.0. The minimum Gasteiger partial charge on any atom is -0.462 e. The van der Waals surface area contributed by atoms with Crippen molar-refractivity contribution in [3.63, 3.8) is 0 Å². The Hall–Kier alpha value is -4.97. The highest BCUT2D eigenvalue weighted by Gasteiger charge is 2.19. The molecule has 6 heteroatoms. The van der Waals surface area contributed by atoms with Crippen molar-refractivity contribution in [1.82, 2.24) is 0 Å². The fraction of sp³-hybridized carbons (Fsp3) is 0.623. The molecular weight excluding hydrogens is 1020 g/mol. The van der Waals surface area contributed by atoms with Crippen molar-refractivity contribution in [3.8, 4) is 0 Å². The van der Waals surface area contributed by atoms with Gasteiger partial charge in [0.05, 0.1) is 0 Å². The van der Waals surface area contributed by atoms with Crippen LogP contribution in [-0.2, 0) is 28.6 Å². The van der Waals surface area contributed by atoms with Crippen LogP contribution in [-0.4, -0.2) is 37.2 Å². The van der Waals surface area contributed by atoms with E-state index in [9.17, 15) is 14.4 Å². The van der Waals surface area contributed by atoms with E-state index in [1.807, 2.05) is 0 Å². The van der Waals surface area contributed by atoms with Crippen LogP contribution in [0.25, 0.3) is 0 Å². The van der Waals surface area contributed by atoms with Crippen LogP contribution < -0.4 is 0 Å². The van der Waals surface area contributed by atoms with Gasteiger partial charge in [0.2, 0.25) is 0 Å². The van der Waals surface area contributed by atoms with E-state index in [0.717, 1.165) is 116 Å². The maximum absolute atomic E-state index is 12.9. The molecule has 0 rings (SSSR count). The van der Waals surface area contributed by atoms with E-state index in [2.05, 4.69) is 179 Å². The maximum Gasteiger partial charge on any atom is 0.306 e. The highest BCUT2D eigenvalue weighted by molar-refractivity contribution is 5.71. The van der Waals surface area contributed by atoms with Crippen molar-refractivity contribution in [2.75, 3.05) is 13.2 Å². The van der Waals surface area contributed by atoms with E-state index in [-0.39, 0.29) is 44.0 Å². The number of rotatable bonds is 60. The number of carbonyl (C=O) groups excluding carboxylic acids is 3. The Bertz CT molecular complexity index is 1840. The third-order valence-electron chi connectivity index (χ3n) is 14.0. The van der Waals surface area contributed by atoms with Gasteiger partial charge in [-0.25, -0.2) is 0 Å². The highest BCUT2D eigenvalue weighted by Crippen LogP contribution is 2.16. The van der Waals surface area contributed by atoms with E-state index in [1.165, 1.54) is 122 Å². The van der Waals surface area contributed by atoms with Crippen molar-refractivity contribution in [2.24, 2.45) is 0 Å². The number of esters is 3. The van der Waals surface area contributed by atoms with Crippen LogP contribution in [0.15, 0.2) is 158 Å². The molecule has 0 aromatic carbocycles. The summed E-state index contributed by atoms with van der Waals surface area (Å²) in [4.78, 5) is 38.4. The molecule has 1 unspecified atom stereocenters. The van der Waals surface area contributed by atoms with E-state index in [4.69, 9.17) is 14.2 Å². The van der Waals surface area contributed by atoms with Gasteiger partial charge < -0.3 is 14.2 Å². The molecule has 6 nitrogen and oxygen atoms in total. The fourth-order valence-corrected chi connectivity index (χ4v) is 8.98. The Balaban J connectivity index is 4.46. The summed E-state index contributed by atoms with van der Waals surface area (Å²) in [5.74, 6) is -1.02. The molecule has 0 aliphatic heterocycles. The molecule has 0 saturated carbocycles. The van der Waals surface area contributed by atoms with Gasteiger partial charge in [0.1, 0.15) is 13.2 Å². The predicted octanol–water partition coefficient (Wildman–Crippen LogP) is 23.7. The van der Waals surface area contributed by atoms with Crippen molar-refractivity contribution in [1.29, 1.82) is 0 Å². The Labute approximate surface area is 511 Å². The number of allylic oxidation sites excluding steroid dienone is 26. The van der Waals surface area contributed by atoms with E-state index >= 15 is 0 Å². The van der Waals surface area contributed by atoms with Gasteiger partial charge in [0, 0.05) is 19.3 Å². The molecule has 0 aliphatic carbocycles. The molecule has 1 atom stereocenters. The number of ether oxygens (including phenoxy) is 3. The van der Waals surface area contributed by atoms with Gasteiger partial charge >= 0.3 is 17.9 Å². The van der Waals surface area contributed by atoms with Gasteiger partial charge in [-0.2, -0.15) is 0 Å². The molecule has 0 amide bonds. The Morgan fingerprint density at radius 1 is 0.253 bits per heavy atom. The molecule has 0 spiro atoms. The summed E-state index contributed by atoms with van der Waals surface area (Å²) < 4.78 is 16.9. The summed E-state index contributed by atoms with van der Waals surface area (Å²) in [7, 11) is 0. The first-order valence-electron chi connectivity index (χ1n) is 34.0. The van der Waals surface area contributed by atoms with Gasteiger partial charge in [0.15, 0.2) is 6.10 Å². The maximum atomic E-state index is 12.9. The largest absolute Gasteiger partial charge is 0.462 e. The molecule has 0 aromatic rings. The quantitative estimate of drug-likeness (QED) is 0.0261. The van der Waals surface area contributed by atoms with Crippen LogP contribution in [0.3, 0.4) is 0 Å². The summed E-state index contributed by atoms with van der Waals surface area (Å²) in [5.41, 5.74) is 0.